The molecule has 29 heavy (non-hydrogen) atoms. The maximum absolute atomic E-state index is 13.3. The highest BCUT2D eigenvalue weighted by Gasteiger charge is 2.28. The smallest absolute Gasteiger partial charge is 0.194 e. The monoisotopic (exact) mass is 407 g/mol. The van der Waals surface area contributed by atoms with Crippen LogP contribution in [0.2, 0.25) is 0 Å². The molecule has 6 nitrogen and oxygen atoms in total. The van der Waals surface area contributed by atoms with Gasteiger partial charge in [0.15, 0.2) is 5.96 Å². The fourth-order valence-corrected chi connectivity index (χ4v) is 3.75. The van der Waals surface area contributed by atoms with Crippen molar-refractivity contribution >= 4 is 5.96 Å². The van der Waals surface area contributed by atoms with Gasteiger partial charge in [0.25, 0.3) is 0 Å². The second-order valence-electron chi connectivity index (χ2n) is 7.66. The van der Waals surface area contributed by atoms with E-state index in [0.29, 0.717) is 12.6 Å². The Morgan fingerprint density at radius 2 is 2.00 bits per heavy atom. The van der Waals surface area contributed by atoms with Crippen LogP contribution in [-0.4, -0.2) is 69.1 Å². The average Bonchev–Trinajstić information content (AvgIpc) is 2.73. The SMILES string of the molecule is CCNC(=NCCCOC1CCOCC1)N1CC(C)OC(c2ccc(F)cc2)C1. The van der Waals surface area contributed by atoms with E-state index in [1.807, 2.05) is 0 Å². The van der Waals surface area contributed by atoms with Crippen LogP contribution in [0, 0.1) is 5.82 Å². The highest BCUT2D eigenvalue weighted by atomic mass is 19.1. The number of guanidine groups is 1. The van der Waals surface area contributed by atoms with Crippen molar-refractivity contribution in [3.05, 3.63) is 35.6 Å². The summed E-state index contributed by atoms with van der Waals surface area (Å²) in [6.45, 7) is 9.48. The predicted molar refractivity (Wildman–Crippen MR) is 112 cm³/mol. The summed E-state index contributed by atoms with van der Waals surface area (Å²) in [6.07, 6.45) is 3.18. The molecule has 0 amide bonds. The molecule has 1 N–H and O–H groups in total. The number of morpholine rings is 1. The summed E-state index contributed by atoms with van der Waals surface area (Å²) in [5.74, 6) is 0.674. The number of aliphatic imine (C=N–C) groups is 1. The molecule has 0 spiro atoms. The molecule has 0 saturated carbocycles. The molecule has 2 aliphatic heterocycles. The number of halogens is 1. The maximum atomic E-state index is 13.3. The zero-order chi connectivity index (χ0) is 20.5. The minimum absolute atomic E-state index is 0.0690. The summed E-state index contributed by atoms with van der Waals surface area (Å²) in [5.41, 5.74) is 0.990. The van der Waals surface area contributed by atoms with Crippen molar-refractivity contribution in [1.82, 2.24) is 10.2 Å². The van der Waals surface area contributed by atoms with Crippen molar-refractivity contribution in [2.75, 3.05) is 46.0 Å². The molecule has 2 aliphatic rings. The molecule has 2 saturated heterocycles. The van der Waals surface area contributed by atoms with Crippen molar-refractivity contribution < 1.29 is 18.6 Å². The van der Waals surface area contributed by atoms with E-state index in [4.69, 9.17) is 19.2 Å². The van der Waals surface area contributed by atoms with Gasteiger partial charge in [-0.1, -0.05) is 12.1 Å². The van der Waals surface area contributed by atoms with Gasteiger partial charge in [-0.15, -0.1) is 0 Å². The van der Waals surface area contributed by atoms with Gasteiger partial charge in [0.05, 0.1) is 18.8 Å². The highest BCUT2D eigenvalue weighted by molar-refractivity contribution is 5.80. The van der Waals surface area contributed by atoms with Gasteiger partial charge in [0.1, 0.15) is 11.9 Å². The summed E-state index contributed by atoms with van der Waals surface area (Å²) in [7, 11) is 0. The summed E-state index contributed by atoms with van der Waals surface area (Å²) in [6, 6.07) is 6.57. The third-order valence-corrected chi connectivity index (χ3v) is 5.22. The predicted octanol–water partition coefficient (Wildman–Crippen LogP) is 3.14. The van der Waals surface area contributed by atoms with Crippen LogP contribution in [0.15, 0.2) is 29.3 Å². The topological polar surface area (TPSA) is 55.3 Å². The van der Waals surface area contributed by atoms with E-state index in [1.165, 1.54) is 12.1 Å². The van der Waals surface area contributed by atoms with E-state index < -0.39 is 0 Å². The zero-order valence-electron chi connectivity index (χ0n) is 17.6. The van der Waals surface area contributed by atoms with Gasteiger partial charge in [-0.25, -0.2) is 4.39 Å². The van der Waals surface area contributed by atoms with Crippen LogP contribution in [0.4, 0.5) is 4.39 Å². The summed E-state index contributed by atoms with van der Waals surface area (Å²) >= 11 is 0. The Morgan fingerprint density at radius 1 is 1.24 bits per heavy atom. The van der Waals surface area contributed by atoms with Crippen LogP contribution in [0.5, 0.6) is 0 Å². The number of rotatable bonds is 7. The Morgan fingerprint density at radius 3 is 2.72 bits per heavy atom. The van der Waals surface area contributed by atoms with Crippen LogP contribution in [-0.2, 0) is 14.2 Å². The fourth-order valence-electron chi connectivity index (χ4n) is 3.75. The first-order valence-corrected chi connectivity index (χ1v) is 10.8. The minimum Gasteiger partial charge on any atom is -0.381 e. The summed E-state index contributed by atoms with van der Waals surface area (Å²) < 4.78 is 30.7. The molecule has 7 heteroatoms. The molecule has 2 unspecified atom stereocenters. The van der Waals surface area contributed by atoms with E-state index in [-0.39, 0.29) is 18.0 Å². The number of hydrogen-bond acceptors (Lipinski definition) is 4. The highest BCUT2D eigenvalue weighted by Crippen LogP contribution is 2.25. The minimum atomic E-state index is -0.229. The quantitative estimate of drug-likeness (QED) is 0.428. The summed E-state index contributed by atoms with van der Waals surface area (Å²) in [5, 5.41) is 3.40. The van der Waals surface area contributed by atoms with Crippen LogP contribution in [0.3, 0.4) is 0 Å². The Kier molecular flexibility index (Phi) is 8.70. The molecule has 2 atom stereocenters. The molecule has 0 aliphatic carbocycles. The van der Waals surface area contributed by atoms with E-state index >= 15 is 0 Å². The third kappa shape index (κ3) is 6.94. The van der Waals surface area contributed by atoms with Gasteiger partial charge in [0.2, 0.25) is 0 Å². The average molecular weight is 408 g/mol. The second-order valence-corrected chi connectivity index (χ2v) is 7.66. The maximum Gasteiger partial charge on any atom is 0.194 e. The van der Waals surface area contributed by atoms with Crippen LogP contribution >= 0.6 is 0 Å². The second kappa shape index (κ2) is 11.5. The zero-order valence-corrected chi connectivity index (χ0v) is 17.6. The van der Waals surface area contributed by atoms with Crippen molar-refractivity contribution in [3.63, 3.8) is 0 Å². The first kappa shape index (κ1) is 22.0. The van der Waals surface area contributed by atoms with E-state index in [2.05, 4.69) is 24.1 Å². The van der Waals surface area contributed by atoms with Gasteiger partial charge in [-0.2, -0.15) is 0 Å². The Balaban J connectivity index is 1.53. The standard InChI is InChI=1S/C22H34FN3O3/c1-3-24-22(25-11-4-12-28-20-9-13-27-14-10-20)26-15-17(2)29-21(16-26)18-5-7-19(23)8-6-18/h5-8,17,20-21H,3-4,9-16H2,1-2H3,(H,24,25). The first-order valence-electron chi connectivity index (χ1n) is 10.8. The number of ether oxygens (including phenoxy) is 3. The molecular formula is C22H34FN3O3. The van der Waals surface area contributed by atoms with E-state index in [9.17, 15) is 4.39 Å². The van der Waals surface area contributed by atoms with Gasteiger partial charge in [-0.3, -0.25) is 4.99 Å². The van der Waals surface area contributed by atoms with Crippen molar-refractivity contribution in [3.8, 4) is 0 Å². The Bertz CT molecular complexity index is 635. The molecule has 3 rings (SSSR count). The lowest BCUT2D eigenvalue weighted by Crippen LogP contribution is -2.50. The van der Waals surface area contributed by atoms with Crippen molar-refractivity contribution in [2.45, 2.75) is 51.4 Å². The third-order valence-electron chi connectivity index (χ3n) is 5.22. The molecule has 1 aromatic carbocycles. The number of nitrogens with one attached hydrogen (secondary N) is 1. The largest absolute Gasteiger partial charge is 0.381 e. The molecule has 0 bridgehead atoms. The number of nitrogens with zero attached hydrogens (tertiary/aromatic N) is 2. The Hall–Kier alpha value is -1.70. The van der Waals surface area contributed by atoms with Gasteiger partial charge in [0, 0.05) is 39.5 Å². The molecule has 0 radical (unpaired) electrons. The Labute approximate surface area is 173 Å². The van der Waals surface area contributed by atoms with Gasteiger partial charge >= 0.3 is 0 Å². The lowest BCUT2D eigenvalue weighted by molar-refractivity contribution is -0.0605. The van der Waals surface area contributed by atoms with Gasteiger partial charge < -0.3 is 24.4 Å². The van der Waals surface area contributed by atoms with E-state index in [1.54, 1.807) is 12.1 Å². The number of hydrogen-bond donors (Lipinski definition) is 1. The summed E-state index contributed by atoms with van der Waals surface area (Å²) in [4.78, 5) is 7.05. The van der Waals surface area contributed by atoms with Crippen LogP contribution in [0.25, 0.3) is 0 Å². The molecule has 2 fully saturated rings. The molecule has 162 valence electrons. The van der Waals surface area contributed by atoms with Crippen LogP contribution < -0.4 is 5.32 Å². The fraction of sp³-hybridized carbons (Fsp3) is 0.682. The normalized spacial score (nSPS) is 24.0. The molecule has 0 aromatic heterocycles. The van der Waals surface area contributed by atoms with E-state index in [0.717, 1.165) is 70.2 Å². The number of benzene rings is 1. The van der Waals surface area contributed by atoms with Crippen LogP contribution in [0.1, 0.15) is 44.8 Å². The molecule has 1 aromatic rings. The first-order chi connectivity index (χ1) is 14.2. The van der Waals surface area contributed by atoms with Crippen molar-refractivity contribution in [1.29, 1.82) is 0 Å². The molecule has 2 heterocycles. The molecular weight excluding hydrogens is 373 g/mol. The van der Waals surface area contributed by atoms with Gasteiger partial charge in [-0.05, 0) is 50.8 Å². The lowest BCUT2D eigenvalue weighted by atomic mass is 10.1. The van der Waals surface area contributed by atoms with Crippen molar-refractivity contribution in [2.24, 2.45) is 4.99 Å². The lowest BCUT2D eigenvalue weighted by Gasteiger charge is -2.38.